The summed E-state index contributed by atoms with van der Waals surface area (Å²) in [5.74, 6) is -1.15. The van der Waals surface area contributed by atoms with E-state index in [2.05, 4.69) is 20.3 Å². The van der Waals surface area contributed by atoms with Crippen LogP contribution in [-0.4, -0.2) is 33.6 Å². The van der Waals surface area contributed by atoms with Crippen LogP contribution in [0.3, 0.4) is 0 Å². The quantitative estimate of drug-likeness (QED) is 0.510. The molecule has 2 aromatic heterocycles. The molecule has 3 aromatic rings. The number of anilines is 3. The Kier molecular flexibility index (Phi) is 4.84. The average Bonchev–Trinajstić information content (AvgIpc) is 3.13. The van der Waals surface area contributed by atoms with Gasteiger partial charge in [0.25, 0.3) is 5.91 Å². The second-order valence-corrected chi connectivity index (χ2v) is 6.71. The molecule has 1 amide bonds. The maximum absolute atomic E-state index is 14.2. The maximum Gasteiger partial charge on any atom is 0.409 e. The van der Waals surface area contributed by atoms with E-state index in [9.17, 15) is 22.4 Å². The minimum absolute atomic E-state index is 0.172. The van der Waals surface area contributed by atoms with Gasteiger partial charge < -0.3 is 4.90 Å². The molecule has 6 nitrogen and oxygen atoms in total. The Labute approximate surface area is 168 Å². The molecule has 0 radical (unpaired) electrons. The molecule has 1 aliphatic rings. The third kappa shape index (κ3) is 3.80. The number of halogens is 4. The summed E-state index contributed by atoms with van der Waals surface area (Å²) < 4.78 is 51.1. The van der Waals surface area contributed by atoms with Gasteiger partial charge in [-0.1, -0.05) is 6.07 Å². The number of allylic oxidation sites excluding steroid dienone is 1. The van der Waals surface area contributed by atoms with Crippen molar-refractivity contribution in [1.82, 2.24) is 15.0 Å². The fourth-order valence-electron chi connectivity index (χ4n) is 3.41. The molecular weight excluding hydrogens is 402 g/mol. The number of nitrogens with zero attached hydrogens (tertiary/aromatic N) is 4. The Bertz CT molecular complexity index is 1180. The van der Waals surface area contributed by atoms with E-state index < -0.39 is 12.1 Å². The molecular formula is C20H15F4N5O. The van der Waals surface area contributed by atoms with Crippen LogP contribution >= 0.6 is 0 Å². The summed E-state index contributed by atoms with van der Waals surface area (Å²) in [6.45, 7) is 2.19. The number of benzene rings is 1. The lowest BCUT2D eigenvalue weighted by molar-refractivity contribution is -0.112. The second kappa shape index (κ2) is 7.36. The molecule has 4 rings (SSSR count). The zero-order valence-corrected chi connectivity index (χ0v) is 15.7. The van der Waals surface area contributed by atoms with Crippen molar-refractivity contribution >= 4 is 34.3 Å². The molecule has 154 valence electrons. The topological polar surface area (TPSA) is 71.0 Å². The summed E-state index contributed by atoms with van der Waals surface area (Å²) in [7, 11) is 0. The first kappa shape index (κ1) is 19.7. The van der Waals surface area contributed by atoms with Gasteiger partial charge in [-0.25, -0.2) is 9.37 Å². The first-order valence-electron chi connectivity index (χ1n) is 8.97. The minimum Gasteiger partial charge on any atom is -0.325 e. The number of hydrogen-bond acceptors (Lipinski definition) is 5. The molecule has 0 fully saturated rings. The number of carbonyl (C=O) groups excluding carboxylic acids is 1. The standard InChI is InChI=1S/C20H15F4N5O/c1-11-14(21)3-2-12-6-9-29(17(11)12)18-13-5-8-25-10-15(13)26-19(28-18)27-16(30)4-7-20(22,23)24/h2-5,7-8,10H,6,9H2,1H3,(H,26,27,28,30). The number of nitrogens with one attached hydrogen (secondary N) is 1. The number of rotatable bonds is 3. The van der Waals surface area contributed by atoms with E-state index in [0.29, 0.717) is 47.0 Å². The first-order valence-corrected chi connectivity index (χ1v) is 8.97. The van der Waals surface area contributed by atoms with Gasteiger partial charge in [-0.2, -0.15) is 18.2 Å². The van der Waals surface area contributed by atoms with Crippen molar-refractivity contribution in [3.8, 4) is 0 Å². The van der Waals surface area contributed by atoms with Crippen LogP contribution in [-0.2, 0) is 11.2 Å². The molecule has 0 spiro atoms. The van der Waals surface area contributed by atoms with Gasteiger partial charge >= 0.3 is 6.18 Å². The molecule has 1 aromatic carbocycles. The van der Waals surface area contributed by atoms with Crippen LogP contribution in [0.2, 0.25) is 0 Å². The van der Waals surface area contributed by atoms with E-state index in [4.69, 9.17) is 0 Å². The number of aromatic nitrogens is 3. The van der Waals surface area contributed by atoms with Gasteiger partial charge in [-0.05, 0) is 31.0 Å². The lowest BCUT2D eigenvalue weighted by Crippen LogP contribution is -2.19. The molecule has 30 heavy (non-hydrogen) atoms. The van der Waals surface area contributed by atoms with Crippen molar-refractivity contribution in [2.45, 2.75) is 19.5 Å². The van der Waals surface area contributed by atoms with Gasteiger partial charge in [0.2, 0.25) is 5.95 Å². The summed E-state index contributed by atoms with van der Waals surface area (Å²) in [4.78, 5) is 26.2. The van der Waals surface area contributed by atoms with E-state index in [1.54, 1.807) is 25.3 Å². The third-order valence-electron chi connectivity index (χ3n) is 4.72. The Hall–Kier alpha value is -3.56. The summed E-state index contributed by atoms with van der Waals surface area (Å²) in [6.07, 6.45) is -0.748. The minimum atomic E-state index is -4.61. The van der Waals surface area contributed by atoms with E-state index in [0.717, 1.165) is 5.56 Å². The van der Waals surface area contributed by atoms with Crippen LogP contribution in [0.4, 0.5) is 35.0 Å². The average molecular weight is 417 g/mol. The molecule has 0 saturated heterocycles. The number of amides is 1. The van der Waals surface area contributed by atoms with Crippen molar-refractivity contribution in [3.05, 3.63) is 59.7 Å². The molecule has 0 unspecified atom stereocenters. The lowest BCUT2D eigenvalue weighted by Gasteiger charge is -2.22. The summed E-state index contributed by atoms with van der Waals surface area (Å²) in [6, 6.07) is 4.82. The predicted molar refractivity (Wildman–Crippen MR) is 103 cm³/mol. The Morgan fingerprint density at radius 2 is 2.03 bits per heavy atom. The molecule has 1 N–H and O–H groups in total. The first-order chi connectivity index (χ1) is 14.2. The van der Waals surface area contributed by atoms with E-state index in [-0.39, 0.29) is 17.8 Å². The van der Waals surface area contributed by atoms with Crippen LogP contribution < -0.4 is 10.2 Å². The van der Waals surface area contributed by atoms with Crippen molar-refractivity contribution in [1.29, 1.82) is 0 Å². The smallest absolute Gasteiger partial charge is 0.325 e. The van der Waals surface area contributed by atoms with Crippen molar-refractivity contribution < 1.29 is 22.4 Å². The molecule has 0 aliphatic carbocycles. The van der Waals surface area contributed by atoms with Gasteiger partial charge in [0.05, 0.1) is 17.4 Å². The fourth-order valence-corrected chi connectivity index (χ4v) is 3.41. The normalized spacial score (nSPS) is 13.8. The van der Waals surface area contributed by atoms with Crippen LogP contribution in [0.1, 0.15) is 11.1 Å². The predicted octanol–water partition coefficient (Wildman–Crippen LogP) is 4.22. The monoisotopic (exact) mass is 417 g/mol. The van der Waals surface area contributed by atoms with Crippen molar-refractivity contribution in [3.63, 3.8) is 0 Å². The highest BCUT2D eigenvalue weighted by Gasteiger charge is 2.27. The number of pyridine rings is 1. The van der Waals surface area contributed by atoms with E-state index in [1.165, 1.54) is 12.3 Å². The fraction of sp³-hybridized carbons (Fsp3) is 0.200. The number of alkyl halides is 3. The molecule has 1 aliphatic heterocycles. The van der Waals surface area contributed by atoms with Crippen LogP contribution in [0.5, 0.6) is 0 Å². The largest absolute Gasteiger partial charge is 0.409 e. The van der Waals surface area contributed by atoms with Crippen LogP contribution in [0.15, 0.2) is 42.7 Å². The zero-order valence-electron chi connectivity index (χ0n) is 15.7. The van der Waals surface area contributed by atoms with Crippen molar-refractivity contribution in [2.75, 3.05) is 16.8 Å². The highest BCUT2D eigenvalue weighted by molar-refractivity contribution is 6.00. The Balaban J connectivity index is 1.78. The summed E-state index contributed by atoms with van der Waals surface area (Å²) in [5.41, 5.74) is 2.49. The number of fused-ring (bicyclic) bond motifs is 2. The summed E-state index contributed by atoms with van der Waals surface area (Å²) in [5, 5.41) is 2.86. The Morgan fingerprint density at radius 3 is 2.80 bits per heavy atom. The lowest BCUT2D eigenvalue weighted by atomic mass is 10.1. The van der Waals surface area contributed by atoms with Crippen LogP contribution in [0, 0.1) is 12.7 Å². The van der Waals surface area contributed by atoms with Crippen LogP contribution in [0.25, 0.3) is 10.9 Å². The summed E-state index contributed by atoms with van der Waals surface area (Å²) >= 11 is 0. The van der Waals surface area contributed by atoms with Gasteiger partial charge in [-0.15, -0.1) is 0 Å². The number of carbonyl (C=O) groups is 1. The third-order valence-corrected chi connectivity index (χ3v) is 4.72. The highest BCUT2D eigenvalue weighted by atomic mass is 19.4. The SMILES string of the molecule is Cc1c(F)ccc2c1N(c1nc(NC(=O)C=CC(F)(F)F)nc3cnccc13)CC2. The van der Waals surface area contributed by atoms with E-state index >= 15 is 0 Å². The maximum atomic E-state index is 14.2. The molecule has 0 atom stereocenters. The zero-order chi connectivity index (χ0) is 21.5. The van der Waals surface area contributed by atoms with Gasteiger partial charge in [0.1, 0.15) is 11.6 Å². The van der Waals surface area contributed by atoms with Crippen molar-refractivity contribution in [2.24, 2.45) is 0 Å². The van der Waals surface area contributed by atoms with Gasteiger partial charge in [0, 0.05) is 35.8 Å². The molecule has 0 saturated carbocycles. The Morgan fingerprint density at radius 1 is 1.23 bits per heavy atom. The van der Waals surface area contributed by atoms with E-state index in [1.807, 2.05) is 4.90 Å². The molecule has 0 bridgehead atoms. The second-order valence-electron chi connectivity index (χ2n) is 6.71. The highest BCUT2D eigenvalue weighted by Crippen LogP contribution is 2.40. The number of hydrogen-bond donors (Lipinski definition) is 1. The molecule has 10 heteroatoms. The van der Waals surface area contributed by atoms with Gasteiger partial charge in [0.15, 0.2) is 0 Å². The molecule has 3 heterocycles. The van der Waals surface area contributed by atoms with Gasteiger partial charge in [-0.3, -0.25) is 15.1 Å².